The van der Waals surface area contributed by atoms with Gasteiger partial charge >= 0.3 is 0 Å². The third kappa shape index (κ3) is 0.904. The van der Waals surface area contributed by atoms with Crippen molar-refractivity contribution >= 4 is 11.6 Å². The lowest BCUT2D eigenvalue weighted by atomic mass is 12.1. The molecule has 0 spiro atoms. The van der Waals surface area contributed by atoms with E-state index in [0.29, 0.717) is 0 Å². The number of hydrogen-bond acceptors (Lipinski definition) is 2. The summed E-state index contributed by atoms with van der Waals surface area (Å²) in [7, 11) is 0. The highest BCUT2D eigenvalue weighted by atomic mass is 16.4. The van der Waals surface area contributed by atoms with E-state index in [4.69, 9.17) is 0 Å². The Morgan fingerprint density at radius 3 is 1.25 bits per heavy atom. The highest BCUT2D eigenvalue weighted by Crippen LogP contribution is 1.90. The number of rotatable bonds is 0. The van der Waals surface area contributed by atoms with Crippen molar-refractivity contribution in [2.45, 2.75) is 0 Å². The zero-order valence-corrected chi connectivity index (χ0v) is 4.13. The molecule has 1 aliphatic rings. The predicted molar refractivity (Wildman–Crippen MR) is 28.3 cm³/mol. The van der Waals surface area contributed by atoms with Gasteiger partial charge in [0.05, 0.1) is 0 Å². The average Bonchev–Trinajstić information content (AvgIpc) is 1.77. The Labute approximate surface area is 46.5 Å². The van der Waals surface area contributed by atoms with Gasteiger partial charge in [-0.2, -0.15) is 0 Å². The van der Waals surface area contributed by atoms with Crippen LogP contribution in [0.2, 0.25) is 0 Å². The fraction of sp³-hybridized carbons (Fsp3) is 0. The molecule has 0 saturated carbocycles. The van der Waals surface area contributed by atoms with Crippen molar-refractivity contribution in [3.05, 3.63) is 24.3 Å². The minimum atomic E-state index is -0.121. The summed E-state index contributed by atoms with van der Waals surface area (Å²) in [5.74, 6) is -0.241. The third-order valence-corrected chi connectivity index (χ3v) is 0.824. The lowest BCUT2D eigenvalue weighted by Gasteiger charge is -1.87. The molecule has 0 bridgehead atoms. The summed E-state index contributed by atoms with van der Waals surface area (Å²) in [5, 5.41) is 0. The van der Waals surface area contributed by atoms with E-state index in [9.17, 15) is 9.59 Å². The van der Waals surface area contributed by atoms with Crippen molar-refractivity contribution in [1.29, 1.82) is 0 Å². The Kier molecular flexibility index (Phi) is 1.08. The number of hydrogen-bond donors (Lipinski definition) is 0. The van der Waals surface area contributed by atoms with Gasteiger partial charge in [-0.25, -0.2) is 0 Å². The number of allylic oxidation sites excluding steroid dienone is 4. The molecule has 0 unspecified atom stereocenters. The summed E-state index contributed by atoms with van der Waals surface area (Å²) in [6.07, 6.45) is 5.01. The SMILES string of the molecule is O=[14C]1[14CH]=[14CH][14C](=O)[14CH]=[14CH]1. The van der Waals surface area contributed by atoms with Gasteiger partial charge in [0.25, 0.3) is 0 Å². The fourth-order valence-corrected chi connectivity index (χ4v) is 0.440. The average molecular weight is 120 g/mol. The molecule has 0 atom stereocenters. The second kappa shape index (κ2) is 1.74. The smallest absolute Gasteiger partial charge is 0.178 e. The molecule has 0 radical (unpaired) electrons. The monoisotopic (exact) mass is 120 g/mol. The van der Waals surface area contributed by atoms with E-state index < -0.39 is 0 Å². The zero-order valence-electron chi connectivity index (χ0n) is 4.13. The fourth-order valence-electron chi connectivity index (χ4n) is 0.440. The van der Waals surface area contributed by atoms with Gasteiger partial charge < -0.3 is 0 Å². The van der Waals surface area contributed by atoms with Gasteiger partial charge in [0.15, 0.2) is 11.6 Å². The summed E-state index contributed by atoms with van der Waals surface area (Å²) in [5.41, 5.74) is 0. The van der Waals surface area contributed by atoms with Crippen molar-refractivity contribution in [3.63, 3.8) is 0 Å². The third-order valence-electron chi connectivity index (χ3n) is 0.824. The lowest BCUT2D eigenvalue weighted by Crippen LogP contribution is -1.97. The molecule has 0 aromatic rings. The van der Waals surface area contributed by atoms with Crippen LogP contribution in [0, 0.1) is 0 Å². The Balaban J connectivity index is 2.83. The summed E-state index contributed by atoms with van der Waals surface area (Å²) in [6, 6.07) is 0. The van der Waals surface area contributed by atoms with E-state index >= 15 is 0 Å². The van der Waals surface area contributed by atoms with Gasteiger partial charge in [0.2, 0.25) is 0 Å². The van der Waals surface area contributed by atoms with Crippen LogP contribution in [0.25, 0.3) is 0 Å². The first-order valence-electron chi connectivity index (χ1n) is 2.23. The number of ketones is 2. The molecule has 0 aromatic carbocycles. The largest absolute Gasteiger partial charge is 0.290 e. The summed E-state index contributed by atoms with van der Waals surface area (Å²) >= 11 is 0. The first kappa shape index (κ1) is 4.97. The van der Waals surface area contributed by atoms with Crippen LogP contribution in [0.5, 0.6) is 0 Å². The maximum Gasteiger partial charge on any atom is 0.178 e. The van der Waals surface area contributed by atoms with Gasteiger partial charge in [-0.3, -0.25) is 9.59 Å². The van der Waals surface area contributed by atoms with Crippen molar-refractivity contribution < 1.29 is 9.59 Å². The predicted octanol–water partition coefficient (Wildman–Crippen LogP) is 0.251. The Hall–Kier alpha value is -1.18. The molecular weight excluding hydrogens is 116 g/mol. The topological polar surface area (TPSA) is 34.1 Å². The summed E-state index contributed by atoms with van der Waals surface area (Å²) in [6.45, 7) is 0. The van der Waals surface area contributed by atoms with Gasteiger partial charge in [-0.15, -0.1) is 0 Å². The second-order valence-electron chi connectivity index (χ2n) is 1.47. The Morgan fingerprint density at radius 1 is 0.750 bits per heavy atom. The Bertz CT molecular complexity index is 149. The van der Waals surface area contributed by atoms with Crippen LogP contribution in [0.3, 0.4) is 0 Å². The molecule has 0 fully saturated rings. The molecule has 0 aromatic heterocycles. The van der Waals surface area contributed by atoms with Crippen molar-refractivity contribution in [2.24, 2.45) is 0 Å². The normalized spacial score (nSPS) is 17.5. The minimum Gasteiger partial charge on any atom is -0.290 e. The molecule has 2 nitrogen and oxygen atoms in total. The van der Waals surface area contributed by atoms with Gasteiger partial charge in [0, 0.05) is 0 Å². The zero-order chi connectivity index (χ0) is 5.98. The molecule has 0 saturated heterocycles. The van der Waals surface area contributed by atoms with Gasteiger partial charge in [-0.05, 0) is 24.3 Å². The first-order valence-corrected chi connectivity index (χ1v) is 2.23. The van der Waals surface area contributed by atoms with E-state index in [1.807, 2.05) is 0 Å². The molecule has 40 valence electrons. The standard InChI is InChI=1S/C6H4O2/c7-5-1-2-6(8)4-3-5/h1-4H/i1+2,2+2,3+2,4+2,5+2,6+2. The lowest BCUT2D eigenvalue weighted by molar-refractivity contribution is -0.113. The van der Waals surface area contributed by atoms with Gasteiger partial charge in [0.1, 0.15) is 0 Å². The van der Waals surface area contributed by atoms with Crippen LogP contribution >= 0.6 is 0 Å². The molecular formula is C6H4O2. The summed E-state index contributed by atoms with van der Waals surface area (Å²) in [4.78, 5) is 20.6. The molecule has 0 aliphatic heterocycles. The van der Waals surface area contributed by atoms with E-state index in [2.05, 4.69) is 0 Å². The maximum absolute atomic E-state index is 10.3. The van der Waals surface area contributed by atoms with E-state index in [1.54, 1.807) is 0 Å². The molecule has 0 heterocycles. The van der Waals surface area contributed by atoms with Gasteiger partial charge in [-0.1, -0.05) is 0 Å². The van der Waals surface area contributed by atoms with Crippen molar-refractivity contribution in [3.8, 4) is 0 Å². The van der Waals surface area contributed by atoms with Crippen LogP contribution in [-0.4, -0.2) is 11.6 Å². The number of carbonyl (C=O) groups is 2. The van der Waals surface area contributed by atoms with Crippen LogP contribution in [0.15, 0.2) is 24.3 Å². The van der Waals surface area contributed by atoms with Crippen LogP contribution in [-0.2, 0) is 9.59 Å². The molecule has 1 rings (SSSR count). The van der Waals surface area contributed by atoms with Crippen LogP contribution < -0.4 is 0 Å². The van der Waals surface area contributed by atoms with E-state index in [1.165, 1.54) is 24.3 Å². The molecule has 2 heteroatoms. The van der Waals surface area contributed by atoms with Crippen LogP contribution in [0.4, 0.5) is 0 Å². The first-order chi connectivity index (χ1) is 3.79. The molecule has 0 amide bonds. The van der Waals surface area contributed by atoms with E-state index in [0.717, 1.165) is 0 Å². The molecule has 1 aliphatic carbocycles. The minimum absolute atomic E-state index is 0.121. The molecule has 0 N–H and O–H groups in total. The molecule has 8 heavy (non-hydrogen) atoms. The quantitative estimate of drug-likeness (QED) is 0.429. The maximum atomic E-state index is 10.3. The highest BCUT2D eigenvalue weighted by Gasteiger charge is 1.97. The summed E-state index contributed by atoms with van der Waals surface area (Å²) < 4.78 is 0. The van der Waals surface area contributed by atoms with Crippen molar-refractivity contribution in [1.82, 2.24) is 0 Å². The second-order valence-corrected chi connectivity index (χ2v) is 1.47. The number of carbonyl (C=O) groups excluding carboxylic acids is 2. The Morgan fingerprint density at radius 2 is 1.00 bits per heavy atom. The van der Waals surface area contributed by atoms with E-state index in [-0.39, 0.29) is 11.6 Å². The highest BCUT2D eigenvalue weighted by molar-refractivity contribution is 6.14. The van der Waals surface area contributed by atoms with Crippen LogP contribution in [0.1, 0.15) is 0 Å². The van der Waals surface area contributed by atoms with Crippen molar-refractivity contribution in [2.75, 3.05) is 0 Å².